The highest BCUT2D eigenvalue weighted by Gasteiger charge is 2.13. The van der Waals surface area contributed by atoms with Crippen LogP contribution in [-0.2, 0) is 14.3 Å². The van der Waals surface area contributed by atoms with E-state index in [-0.39, 0.29) is 30.8 Å². The largest absolute Gasteiger partial charge is 0.489 e. The molecule has 0 fully saturated rings. The smallest absolute Gasteiger partial charge is 0.227 e. The Kier molecular flexibility index (Phi) is 10.6. The maximum Gasteiger partial charge on any atom is 0.227 e. The first-order valence-corrected chi connectivity index (χ1v) is 6.85. The van der Waals surface area contributed by atoms with Crippen LogP contribution in [0, 0.1) is 6.92 Å². The van der Waals surface area contributed by atoms with E-state index >= 15 is 0 Å². The molecule has 1 amide bonds. The predicted octanol–water partition coefficient (Wildman–Crippen LogP) is 1.74. The Balaban J connectivity index is 0.00000441. The first kappa shape index (κ1) is 20.7. The van der Waals surface area contributed by atoms with E-state index in [2.05, 4.69) is 5.32 Å². The number of benzene rings is 1. The first-order valence-electron chi connectivity index (χ1n) is 6.85. The van der Waals surface area contributed by atoms with Gasteiger partial charge in [-0.05, 0) is 24.6 Å². The van der Waals surface area contributed by atoms with Crippen LogP contribution in [0.3, 0.4) is 0 Å². The second kappa shape index (κ2) is 11.3. The number of carbonyl (C=O) groups is 1. The summed E-state index contributed by atoms with van der Waals surface area (Å²) >= 11 is 0. The summed E-state index contributed by atoms with van der Waals surface area (Å²) in [6, 6.07) is 5.61. The molecule has 6 nitrogen and oxygen atoms in total. The molecule has 7 heteroatoms. The summed E-state index contributed by atoms with van der Waals surface area (Å²) in [6.07, 6.45) is -0.0772. The van der Waals surface area contributed by atoms with Crippen molar-refractivity contribution in [2.45, 2.75) is 19.4 Å². The van der Waals surface area contributed by atoms with E-state index in [1.54, 1.807) is 7.11 Å². The van der Waals surface area contributed by atoms with Gasteiger partial charge in [-0.25, -0.2) is 0 Å². The molecule has 1 aromatic carbocycles. The number of hydrogen-bond acceptors (Lipinski definition) is 5. The van der Waals surface area contributed by atoms with Gasteiger partial charge in [-0.3, -0.25) is 4.79 Å². The lowest BCUT2D eigenvalue weighted by Gasteiger charge is -2.15. The second-order valence-electron chi connectivity index (χ2n) is 4.69. The highest BCUT2D eigenvalue weighted by molar-refractivity contribution is 5.92. The first-order chi connectivity index (χ1) is 10.1. The lowest BCUT2D eigenvalue weighted by Crippen LogP contribution is -2.28. The van der Waals surface area contributed by atoms with Gasteiger partial charge in [0.2, 0.25) is 5.91 Å². The minimum atomic E-state index is -0.284. The lowest BCUT2D eigenvalue weighted by molar-refractivity contribution is -0.118. The average molecular weight is 333 g/mol. The molecule has 0 saturated carbocycles. The van der Waals surface area contributed by atoms with Crippen molar-refractivity contribution in [3.63, 3.8) is 0 Å². The van der Waals surface area contributed by atoms with E-state index in [0.717, 1.165) is 5.56 Å². The molecule has 0 aliphatic carbocycles. The van der Waals surface area contributed by atoms with Gasteiger partial charge in [0.05, 0.1) is 24.8 Å². The van der Waals surface area contributed by atoms with Crippen LogP contribution in [0.1, 0.15) is 12.0 Å². The number of aryl methyl sites for hydroxylation is 1. The van der Waals surface area contributed by atoms with Gasteiger partial charge in [0, 0.05) is 20.8 Å². The number of hydrogen-bond donors (Lipinski definition) is 2. The number of nitrogens with one attached hydrogen (secondary N) is 1. The van der Waals surface area contributed by atoms with Gasteiger partial charge in [-0.15, -0.1) is 12.4 Å². The third-order valence-electron chi connectivity index (χ3n) is 2.97. The van der Waals surface area contributed by atoms with Gasteiger partial charge in [-0.1, -0.05) is 6.07 Å². The quantitative estimate of drug-likeness (QED) is 0.673. The molecule has 1 aromatic rings. The number of methoxy groups -OCH3 is 2. The summed E-state index contributed by atoms with van der Waals surface area (Å²) in [5, 5.41) is 2.82. The molecular weight excluding hydrogens is 308 g/mol. The van der Waals surface area contributed by atoms with Gasteiger partial charge in [-0.2, -0.15) is 0 Å². The molecule has 0 radical (unpaired) electrons. The van der Waals surface area contributed by atoms with E-state index in [4.69, 9.17) is 19.9 Å². The molecule has 1 rings (SSSR count). The van der Waals surface area contributed by atoms with Crippen LogP contribution < -0.4 is 15.8 Å². The minimum Gasteiger partial charge on any atom is -0.489 e. The molecule has 22 heavy (non-hydrogen) atoms. The Bertz CT molecular complexity index is 453. The highest BCUT2D eigenvalue weighted by atomic mass is 35.5. The molecule has 1 atom stereocenters. The molecule has 0 heterocycles. The molecule has 0 spiro atoms. The zero-order chi connectivity index (χ0) is 15.7. The molecule has 0 aromatic heterocycles. The molecule has 3 N–H and O–H groups in total. The molecule has 0 aliphatic rings. The van der Waals surface area contributed by atoms with E-state index in [1.165, 1.54) is 7.11 Å². The van der Waals surface area contributed by atoms with Gasteiger partial charge >= 0.3 is 0 Å². The summed E-state index contributed by atoms with van der Waals surface area (Å²) in [7, 11) is 3.15. The van der Waals surface area contributed by atoms with E-state index < -0.39 is 0 Å². The summed E-state index contributed by atoms with van der Waals surface area (Å²) in [5.41, 5.74) is 7.20. The third kappa shape index (κ3) is 7.09. The maximum atomic E-state index is 12.0. The fourth-order valence-corrected chi connectivity index (χ4v) is 1.76. The lowest BCUT2D eigenvalue weighted by atomic mass is 10.2. The van der Waals surface area contributed by atoms with E-state index in [0.29, 0.717) is 31.2 Å². The second-order valence-corrected chi connectivity index (χ2v) is 4.69. The fourth-order valence-electron chi connectivity index (χ4n) is 1.76. The van der Waals surface area contributed by atoms with Crippen molar-refractivity contribution >= 4 is 24.0 Å². The zero-order valence-corrected chi connectivity index (χ0v) is 14.1. The van der Waals surface area contributed by atoms with Gasteiger partial charge in [0.15, 0.2) is 0 Å². The van der Waals surface area contributed by atoms with Crippen LogP contribution in [0.2, 0.25) is 0 Å². The molecule has 0 aliphatic heterocycles. The predicted molar refractivity (Wildman–Crippen MR) is 88.9 cm³/mol. The van der Waals surface area contributed by atoms with Crippen LogP contribution in [0.5, 0.6) is 5.75 Å². The van der Waals surface area contributed by atoms with Crippen molar-refractivity contribution in [2.24, 2.45) is 5.73 Å². The average Bonchev–Trinajstić information content (AvgIpc) is 2.47. The number of amides is 1. The Hall–Kier alpha value is -1.34. The summed E-state index contributed by atoms with van der Waals surface area (Å²) in [4.78, 5) is 12.0. The maximum absolute atomic E-state index is 12.0. The number of halogens is 1. The topological polar surface area (TPSA) is 82.8 Å². The summed E-state index contributed by atoms with van der Waals surface area (Å²) in [6.45, 7) is 3.17. The Morgan fingerprint density at radius 1 is 1.32 bits per heavy atom. The van der Waals surface area contributed by atoms with Crippen molar-refractivity contribution in [3.05, 3.63) is 23.8 Å². The van der Waals surface area contributed by atoms with Crippen LogP contribution >= 0.6 is 12.4 Å². The van der Waals surface area contributed by atoms with Crippen molar-refractivity contribution in [3.8, 4) is 5.75 Å². The normalized spacial score (nSPS) is 11.5. The van der Waals surface area contributed by atoms with Gasteiger partial charge in [0.1, 0.15) is 12.4 Å². The highest BCUT2D eigenvalue weighted by Crippen LogP contribution is 2.26. The number of ether oxygens (including phenoxy) is 3. The number of carbonyl (C=O) groups excluding carboxylic acids is 1. The van der Waals surface area contributed by atoms with Crippen molar-refractivity contribution in [2.75, 3.05) is 39.3 Å². The van der Waals surface area contributed by atoms with Crippen molar-refractivity contribution < 1.29 is 19.0 Å². The van der Waals surface area contributed by atoms with E-state index in [1.807, 2.05) is 25.1 Å². The standard InChI is InChI=1S/C15H24N2O4.ClH/c1-11-4-5-13(14(8-11)21-7-6-19-2)17-15(18)9-12(10-16)20-3;/h4-5,8,12H,6-7,9-10,16H2,1-3H3,(H,17,18);1H. The van der Waals surface area contributed by atoms with Gasteiger partial charge in [0.25, 0.3) is 0 Å². The van der Waals surface area contributed by atoms with Crippen LogP contribution in [0.4, 0.5) is 5.69 Å². The summed E-state index contributed by atoms with van der Waals surface area (Å²) < 4.78 is 15.7. The molecular formula is C15H25ClN2O4. The number of anilines is 1. The third-order valence-corrected chi connectivity index (χ3v) is 2.97. The Morgan fingerprint density at radius 3 is 2.64 bits per heavy atom. The molecule has 0 bridgehead atoms. The summed E-state index contributed by atoms with van der Waals surface area (Å²) in [5.74, 6) is 0.467. The van der Waals surface area contributed by atoms with E-state index in [9.17, 15) is 4.79 Å². The van der Waals surface area contributed by atoms with Crippen molar-refractivity contribution in [1.82, 2.24) is 0 Å². The molecule has 126 valence electrons. The van der Waals surface area contributed by atoms with Crippen LogP contribution in [0.25, 0.3) is 0 Å². The minimum absolute atomic E-state index is 0. The monoisotopic (exact) mass is 332 g/mol. The SMILES string of the molecule is COCCOc1cc(C)ccc1NC(=O)CC(CN)OC.Cl. The zero-order valence-electron chi connectivity index (χ0n) is 13.3. The van der Waals surface area contributed by atoms with Crippen LogP contribution in [0.15, 0.2) is 18.2 Å². The van der Waals surface area contributed by atoms with Gasteiger partial charge < -0.3 is 25.3 Å². The molecule has 1 unspecified atom stereocenters. The Morgan fingerprint density at radius 2 is 2.05 bits per heavy atom. The van der Waals surface area contributed by atoms with Crippen LogP contribution in [-0.4, -0.2) is 46.0 Å². The number of nitrogens with two attached hydrogens (primary N) is 1. The molecule has 0 saturated heterocycles. The number of rotatable bonds is 9. The van der Waals surface area contributed by atoms with Crippen molar-refractivity contribution in [1.29, 1.82) is 0 Å². The fraction of sp³-hybridized carbons (Fsp3) is 0.533. The Labute approximate surface area is 137 Å².